The Morgan fingerprint density at radius 1 is 0.966 bits per heavy atom. The highest BCUT2D eigenvalue weighted by molar-refractivity contribution is 7.21. The summed E-state index contributed by atoms with van der Waals surface area (Å²) >= 11 is 1.61. The summed E-state index contributed by atoms with van der Waals surface area (Å²) in [5, 5.41) is 1.79. The second kappa shape index (κ2) is 6.98. The lowest BCUT2D eigenvalue weighted by atomic mass is 9.95. The summed E-state index contributed by atoms with van der Waals surface area (Å²) in [6.07, 6.45) is 0.985. The van der Waals surface area contributed by atoms with E-state index < -0.39 is 0 Å². The molecular formula is C25H19NO2S. The Bertz CT molecular complexity index is 1380. The largest absolute Gasteiger partial charge is 0.422 e. The zero-order chi connectivity index (χ0) is 20.0. The van der Waals surface area contributed by atoms with Gasteiger partial charge in [0.05, 0.1) is 15.8 Å². The number of nitrogens with zero attached hydrogens (tertiary/aromatic N) is 1. The van der Waals surface area contributed by atoms with Crippen molar-refractivity contribution in [3.05, 3.63) is 88.3 Å². The Labute approximate surface area is 172 Å². The molecule has 0 aliphatic heterocycles. The number of fused-ring (bicyclic) bond motifs is 2. The summed E-state index contributed by atoms with van der Waals surface area (Å²) in [7, 11) is 0. The van der Waals surface area contributed by atoms with Gasteiger partial charge in [-0.25, -0.2) is 9.78 Å². The quantitative estimate of drug-likeness (QED) is 0.322. The fourth-order valence-electron chi connectivity index (χ4n) is 3.75. The zero-order valence-electron chi connectivity index (χ0n) is 16.2. The average molecular weight is 397 g/mol. The molecule has 142 valence electrons. The maximum atomic E-state index is 12.7. The Hall–Kier alpha value is -3.24. The van der Waals surface area contributed by atoms with Crippen LogP contribution in [0, 0.1) is 6.92 Å². The van der Waals surface area contributed by atoms with E-state index in [0.29, 0.717) is 11.1 Å². The summed E-state index contributed by atoms with van der Waals surface area (Å²) < 4.78 is 6.91. The van der Waals surface area contributed by atoms with Crippen molar-refractivity contribution in [1.82, 2.24) is 4.98 Å². The van der Waals surface area contributed by atoms with Crippen LogP contribution in [0.1, 0.15) is 18.1 Å². The lowest BCUT2D eigenvalue weighted by Gasteiger charge is -2.11. The third-order valence-electron chi connectivity index (χ3n) is 5.34. The van der Waals surface area contributed by atoms with Gasteiger partial charge in [0.1, 0.15) is 10.6 Å². The van der Waals surface area contributed by atoms with Gasteiger partial charge in [-0.05, 0) is 42.7 Å². The molecule has 0 saturated heterocycles. The van der Waals surface area contributed by atoms with E-state index in [1.54, 1.807) is 11.3 Å². The lowest BCUT2D eigenvalue weighted by Crippen LogP contribution is -2.06. The number of aromatic nitrogens is 1. The SMILES string of the molecule is CCc1ccc(-c2c(C)c(=O)oc3c(-c4nc5ccccc5s4)cccc23)cc1. The average Bonchev–Trinajstić information content (AvgIpc) is 3.18. The number of para-hydroxylation sites is 2. The van der Waals surface area contributed by atoms with Gasteiger partial charge < -0.3 is 4.42 Å². The van der Waals surface area contributed by atoms with Crippen molar-refractivity contribution < 1.29 is 4.42 Å². The first kappa shape index (κ1) is 17.8. The molecule has 0 aliphatic rings. The van der Waals surface area contributed by atoms with E-state index in [2.05, 4.69) is 37.3 Å². The van der Waals surface area contributed by atoms with E-state index in [-0.39, 0.29) is 5.63 Å². The molecular weight excluding hydrogens is 378 g/mol. The van der Waals surface area contributed by atoms with Crippen LogP contribution in [0.3, 0.4) is 0 Å². The summed E-state index contributed by atoms with van der Waals surface area (Å²) in [6.45, 7) is 3.97. The molecule has 0 N–H and O–H groups in total. The van der Waals surface area contributed by atoms with Gasteiger partial charge in [-0.2, -0.15) is 0 Å². The van der Waals surface area contributed by atoms with Crippen LogP contribution >= 0.6 is 11.3 Å². The number of hydrogen-bond acceptors (Lipinski definition) is 4. The predicted molar refractivity (Wildman–Crippen MR) is 121 cm³/mol. The Morgan fingerprint density at radius 3 is 2.52 bits per heavy atom. The molecule has 0 amide bonds. The first-order valence-electron chi connectivity index (χ1n) is 9.67. The van der Waals surface area contributed by atoms with Gasteiger partial charge in [0.2, 0.25) is 0 Å². The third kappa shape index (κ3) is 2.97. The smallest absolute Gasteiger partial charge is 0.339 e. The minimum Gasteiger partial charge on any atom is -0.422 e. The van der Waals surface area contributed by atoms with Crippen LogP contribution < -0.4 is 5.63 Å². The second-order valence-electron chi connectivity index (χ2n) is 7.11. The predicted octanol–water partition coefficient (Wildman–Crippen LogP) is 6.61. The molecule has 2 heterocycles. The molecule has 4 heteroatoms. The fourth-order valence-corrected chi connectivity index (χ4v) is 4.74. The van der Waals surface area contributed by atoms with Gasteiger partial charge in [-0.15, -0.1) is 11.3 Å². The lowest BCUT2D eigenvalue weighted by molar-refractivity contribution is 0.556. The van der Waals surface area contributed by atoms with Gasteiger partial charge in [-0.1, -0.05) is 55.5 Å². The monoisotopic (exact) mass is 397 g/mol. The Morgan fingerprint density at radius 2 is 1.76 bits per heavy atom. The fraction of sp³-hybridized carbons (Fsp3) is 0.120. The minimum absolute atomic E-state index is 0.305. The maximum Gasteiger partial charge on any atom is 0.339 e. The highest BCUT2D eigenvalue weighted by Crippen LogP contribution is 2.38. The molecule has 3 nitrogen and oxygen atoms in total. The molecule has 0 unspecified atom stereocenters. The number of aryl methyl sites for hydroxylation is 1. The summed E-state index contributed by atoms with van der Waals surface area (Å²) in [4.78, 5) is 17.5. The van der Waals surface area contributed by atoms with Crippen LogP contribution in [-0.4, -0.2) is 4.98 Å². The van der Waals surface area contributed by atoms with Gasteiger partial charge in [0.15, 0.2) is 0 Å². The number of benzene rings is 3. The number of hydrogen-bond donors (Lipinski definition) is 0. The summed E-state index contributed by atoms with van der Waals surface area (Å²) in [6, 6.07) is 22.5. The van der Waals surface area contributed by atoms with Crippen molar-refractivity contribution >= 4 is 32.5 Å². The van der Waals surface area contributed by atoms with E-state index in [9.17, 15) is 4.79 Å². The van der Waals surface area contributed by atoms with E-state index in [1.807, 2.05) is 43.3 Å². The molecule has 5 aromatic rings. The van der Waals surface area contributed by atoms with Gasteiger partial charge in [0, 0.05) is 16.5 Å². The Kier molecular flexibility index (Phi) is 4.29. The molecule has 29 heavy (non-hydrogen) atoms. The van der Waals surface area contributed by atoms with Crippen molar-refractivity contribution in [2.75, 3.05) is 0 Å². The molecule has 0 radical (unpaired) electrons. The molecule has 0 atom stereocenters. The van der Waals surface area contributed by atoms with E-state index >= 15 is 0 Å². The molecule has 0 aliphatic carbocycles. The second-order valence-corrected chi connectivity index (χ2v) is 8.14. The molecule has 0 saturated carbocycles. The van der Waals surface area contributed by atoms with Crippen LogP contribution in [0.2, 0.25) is 0 Å². The van der Waals surface area contributed by atoms with Crippen LogP contribution in [0.4, 0.5) is 0 Å². The third-order valence-corrected chi connectivity index (χ3v) is 6.41. The summed E-state index contributed by atoms with van der Waals surface area (Å²) in [5.74, 6) is 0. The molecule has 5 rings (SSSR count). The number of thiazole rings is 1. The van der Waals surface area contributed by atoms with Crippen molar-refractivity contribution in [3.8, 4) is 21.7 Å². The Balaban J connectivity index is 1.80. The normalized spacial score (nSPS) is 11.4. The molecule has 2 aromatic heterocycles. The number of rotatable bonds is 3. The van der Waals surface area contributed by atoms with Crippen LogP contribution in [-0.2, 0) is 6.42 Å². The highest BCUT2D eigenvalue weighted by atomic mass is 32.1. The van der Waals surface area contributed by atoms with Gasteiger partial charge in [0.25, 0.3) is 0 Å². The topological polar surface area (TPSA) is 43.1 Å². The van der Waals surface area contributed by atoms with Crippen molar-refractivity contribution in [2.45, 2.75) is 20.3 Å². The molecule has 0 spiro atoms. The van der Waals surface area contributed by atoms with Gasteiger partial charge in [-0.3, -0.25) is 0 Å². The molecule has 0 fully saturated rings. The maximum absolute atomic E-state index is 12.7. The van der Waals surface area contributed by atoms with Crippen LogP contribution in [0.5, 0.6) is 0 Å². The molecule has 0 bridgehead atoms. The van der Waals surface area contributed by atoms with E-state index in [0.717, 1.165) is 43.7 Å². The summed E-state index contributed by atoms with van der Waals surface area (Å²) in [5.41, 5.74) is 5.96. The zero-order valence-corrected chi connectivity index (χ0v) is 17.0. The van der Waals surface area contributed by atoms with Crippen molar-refractivity contribution in [1.29, 1.82) is 0 Å². The van der Waals surface area contributed by atoms with Gasteiger partial charge >= 0.3 is 5.63 Å². The van der Waals surface area contributed by atoms with Crippen molar-refractivity contribution in [3.63, 3.8) is 0 Å². The van der Waals surface area contributed by atoms with E-state index in [4.69, 9.17) is 9.40 Å². The van der Waals surface area contributed by atoms with Crippen LogP contribution in [0.25, 0.3) is 42.9 Å². The standard InChI is InChI=1S/C25H19NO2S/c1-3-16-11-13-17(14-12-16)22-15(2)25(27)28-23-18(22)7-6-8-19(23)24-26-20-9-4-5-10-21(20)29-24/h4-14H,3H2,1-2H3. The van der Waals surface area contributed by atoms with E-state index in [1.165, 1.54) is 5.56 Å². The first-order valence-corrected chi connectivity index (χ1v) is 10.5. The van der Waals surface area contributed by atoms with Crippen LogP contribution in [0.15, 0.2) is 75.9 Å². The first-order chi connectivity index (χ1) is 14.2. The molecule has 3 aromatic carbocycles. The highest BCUT2D eigenvalue weighted by Gasteiger charge is 2.18. The minimum atomic E-state index is -0.305. The van der Waals surface area contributed by atoms with Crippen molar-refractivity contribution in [2.24, 2.45) is 0 Å².